The third-order valence-electron chi connectivity index (χ3n) is 15.0. The predicted molar refractivity (Wildman–Crippen MR) is 200 cm³/mol. The number of carbonyl (C=O) groups is 2. The minimum Gasteiger partial charge on any atom is -0.481 e. The number of carboxylic acid groups (broad SMARTS) is 1. The van der Waals surface area contributed by atoms with E-state index in [1.165, 1.54) is 0 Å². The van der Waals surface area contributed by atoms with Gasteiger partial charge in [-0.1, -0.05) is 55.4 Å². The molecule has 0 aromatic rings. The molecule has 5 saturated heterocycles. The molecule has 54 heavy (non-hydrogen) atoms. The molecule has 0 saturated carbocycles. The standard InChI is InChI=1S/C42H72O12/c1-11-28(38(47)48)31-21-30(43)24(6)37(51-31)26(8)34(45)25(7)35(46)29(12-2)36-22(4)20-23(5)41(52-36)17-14-32(44)42(54-41)19-18-39(10,53-42)33-15-16-40(49,13-3)27(9)50-33/h22-34,36-37,43-45,49H,11-21H2,1-10H3,(H,47,48). The van der Waals surface area contributed by atoms with E-state index in [0.717, 1.165) is 6.42 Å². The Morgan fingerprint density at radius 2 is 1.50 bits per heavy atom. The fourth-order valence-corrected chi connectivity index (χ4v) is 10.9. The van der Waals surface area contributed by atoms with Crippen LogP contribution in [0.4, 0.5) is 0 Å². The normalized spacial score (nSPS) is 47.2. The van der Waals surface area contributed by atoms with Gasteiger partial charge in [0.15, 0.2) is 11.6 Å². The summed E-state index contributed by atoms with van der Waals surface area (Å²) in [5, 5.41) is 55.0. The van der Waals surface area contributed by atoms with Crippen molar-refractivity contribution in [3.8, 4) is 0 Å². The Bertz CT molecular complexity index is 1310. The van der Waals surface area contributed by atoms with Gasteiger partial charge in [-0.2, -0.15) is 0 Å². The molecule has 2 spiro atoms. The van der Waals surface area contributed by atoms with Gasteiger partial charge in [-0.05, 0) is 71.1 Å². The second kappa shape index (κ2) is 16.6. The van der Waals surface area contributed by atoms with Gasteiger partial charge in [-0.3, -0.25) is 9.59 Å². The molecule has 0 aliphatic carbocycles. The molecular formula is C42H72O12. The second-order valence-electron chi connectivity index (χ2n) is 18.4. The highest BCUT2D eigenvalue weighted by molar-refractivity contribution is 5.84. The lowest BCUT2D eigenvalue weighted by atomic mass is 9.71. The minimum atomic E-state index is -1.31. The molecule has 5 fully saturated rings. The molecule has 5 heterocycles. The molecule has 12 heteroatoms. The van der Waals surface area contributed by atoms with Crippen LogP contribution in [-0.4, -0.2) is 109 Å². The average molecular weight is 769 g/mol. The smallest absolute Gasteiger partial charge is 0.309 e. The van der Waals surface area contributed by atoms with Crippen LogP contribution < -0.4 is 0 Å². The summed E-state index contributed by atoms with van der Waals surface area (Å²) in [6.45, 7) is 19.2. The van der Waals surface area contributed by atoms with E-state index in [2.05, 4.69) is 13.8 Å². The first-order chi connectivity index (χ1) is 25.2. The maximum atomic E-state index is 14.5. The molecule has 12 nitrogen and oxygen atoms in total. The van der Waals surface area contributed by atoms with Crippen LogP contribution in [0.3, 0.4) is 0 Å². The fourth-order valence-electron chi connectivity index (χ4n) is 10.9. The molecule has 0 radical (unpaired) electrons. The molecule has 5 aliphatic heterocycles. The third kappa shape index (κ3) is 7.95. The Kier molecular flexibility index (Phi) is 13.5. The molecular weight excluding hydrogens is 696 g/mol. The van der Waals surface area contributed by atoms with E-state index >= 15 is 0 Å². The zero-order valence-electron chi connectivity index (χ0n) is 34.5. The maximum absolute atomic E-state index is 14.5. The molecule has 0 amide bonds. The maximum Gasteiger partial charge on any atom is 0.309 e. The lowest BCUT2D eigenvalue weighted by Crippen LogP contribution is -2.65. The summed E-state index contributed by atoms with van der Waals surface area (Å²) in [7, 11) is 0. The molecule has 0 aromatic heterocycles. The summed E-state index contributed by atoms with van der Waals surface area (Å²) in [5.41, 5.74) is -1.61. The van der Waals surface area contributed by atoms with Crippen molar-refractivity contribution in [2.45, 2.75) is 211 Å². The minimum absolute atomic E-state index is 0.0106. The van der Waals surface area contributed by atoms with E-state index in [4.69, 9.17) is 23.7 Å². The molecule has 19 unspecified atom stereocenters. The number of aliphatic hydroxyl groups excluding tert-OH is 3. The number of hydrogen-bond donors (Lipinski definition) is 5. The number of ketones is 1. The van der Waals surface area contributed by atoms with Crippen molar-refractivity contribution in [3.05, 3.63) is 0 Å². The Balaban J connectivity index is 1.31. The first-order valence-electron chi connectivity index (χ1n) is 21.1. The monoisotopic (exact) mass is 769 g/mol. The number of carbonyl (C=O) groups excluding carboxylic acids is 1. The summed E-state index contributed by atoms with van der Waals surface area (Å²) < 4.78 is 33.6. The van der Waals surface area contributed by atoms with E-state index in [1.54, 1.807) is 13.8 Å². The van der Waals surface area contributed by atoms with Crippen molar-refractivity contribution in [1.82, 2.24) is 0 Å². The van der Waals surface area contributed by atoms with Crippen LogP contribution in [-0.2, 0) is 33.3 Å². The van der Waals surface area contributed by atoms with Gasteiger partial charge < -0.3 is 49.2 Å². The Labute approximate surface area is 323 Å². The van der Waals surface area contributed by atoms with Gasteiger partial charge in [0.2, 0.25) is 0 Å². The summed E-state index contributed by atoms with van der Waals surface area (Å²) in [6.07, 6.45) is 0.288. The number of aliphatic hydroxyl groups is 4. The Morgan fingerprint density at radius 3 is 2.09 bits per heavy atom. The number of ether oxygens (including phenoxy) is 5. The zero-order chi connectivity index (χ0) is 40.1. The lowest BCUT2D eigenvalue weighted by molar-refractivity contribution is -0.442. The SMILES string of the molecule is CCC(C(=O)O)C1CC(O)C(C)C(C(C)C(O)C(C)C(=O)C(CC)C2OC3(CCC(O)C4(CCC(C)(C5CCC(O)(CC)C(C)O5)O4)O3)C(C)CC2C)O1. The van der Waals surface area contributed by atoms with E-state index in [0.29, 0.717) is 57.8 Å². The van der Waals surface area contributed by atoms with Gasteiger partial charge in [-0.25, -0.2) is 0 Å². The van der Waals surface area contributed by atoms with Crippen LogP contribution in [0.5, 0.6) is 0 Å². The lowest BCUT2D eigenvalue weighted by Gasteiger charge is -2.56. The van der Waals surface area contributed by atoms with E-state index in [9.17, 15) is 35.1 Å². The quantitative estimate of drug-likeness (QED) is 0.171. The Morgan fingerprint density at radius 1 is 0.833 bits per heavy atom. The van der Waals surface area contributed by atoms with Crippen LogP contribution in [0.2, 0.25) is 0 Å². The van der Waals surface area contributed by atoms with Gasteiger partial charge in [0, 0.05) is 48.9 Å². The summed E-state index contributed by atoms with van der Waals surface area (Å²) in [6, 6.07) is 0. The van der Waals surface area contributed by atoms with Crippen LogP contribution in [0, 0.1) is 41.4 Å². The van der Waals surface area contributed by atoms with Gasteiger partial charge >= 0.3 is 5.97 Å². The largest absolute Gasteiger partial charge is 0.481 e. The highest BCUT2D eigenvalue weighted by Gasteiger charge is 2.64. The van der Waals surface area contributed by atoms with Gasteiger partial charge in [0.25, 0.3) is 0 Å². The predicted octanol–water partition coefficient (Wildman–Crippen LogP) is 5.38. The molecule has 5 rings (SSSR count). The first kappa shape index (κ1) is 43.9. The Hall–Kier alpha value is -1.22. The van der Waals surface area contributed by atoms with E-state index < -0.39 is 89.0 Å². The van der Waals surface area contributed by atoms with Crippen LogP contribution in [0.25, 0.3) is 0 Å². The second-order valence-corrected chi connectivity index (χ2v) is 18.4. The fraction of sp³-hybridized carbons (Fsp3) is 0.952. The average Bonchev–Trinajstić information content (AvgIpc) is 3.47. The van der Waals surface area contributed by atoms with Crippen molar-refractivity contribution in [1.29, 1.82) is 0 Å². The van der Waals surface area contributed by atoms with Crippen LogP contribution in [0.1, 0.15) is 140 Å². The number of carboxylic acids is 1. The van der Waals surface area contributed by atoms with E-state index in [1.807, 2.05) is 41.5 Å². The topological polar surface area (TPSA) is 181 Å². The van der Waals surface area contributed by atoms with Crippen LogP contribution >= 0.6 is 0 Å². The number of hydrogen-bond acceptors (Lipinski definition) is 11. The highest BCUT2D eigenvalue weighted by Crippen LogP contribution is 2.56. The first-order valence-corrected chi connectivity index (χ1v) is 21.1. The number of Topliss-reactive ketones (excluding diaryl/α,β-unsaturated/α-hetero) is 1. The van der Waals surface area contributed by atoms with Crippen molar-refractivity contribution >= 4 is 11.8 Å². The molecule has 5 aliphatic rings. The summed E-state index contributed by atoms with van der Waals surface area (Å²) in [4.78, 5) is 26.4. The zero-order valence-corrected chi connectivity index (χ0v) is 34.5. The number of rotatable bonds is 12. The molecule has 0 aromatic carbocycles. The van der Waals surface area contributed by atoms with Crippen LogP contribution in [0.15, 0.2) is 0 Å². The van der Waals surface area contributed by atoms with Crippen molar-refractivity contribution in [2.24, 2.45) is 41.4 Å². The van der Waals surface area contributed by atoms with Gasteiger partial charge in [0.05, 0.1) is 59.8 Å². The number of aliphatic carboxylic acids is 1. The molecule has 0 bridgehead atoms. The molecule has 312 valence electrons. The van der Waals surface area contributed by atoms with E-state index in [-0.39, 0.29) is 42.2 Å². The van der Waals surface area contributed by atoms with Gasteiger partial charge in [0.1, 0.15) is 11.9 Å². The van der Waals surface area contributed by atoms with Crippen molar-refractivity contribution in [2.75, 3.05) is 0 Å². The molecule has 19 atom stereocenters. The van der Waals surface area contributed by atoms with Gasteiger partial charge in [-0.15, -0.1) is 0 Å². The summed E-state index contributed by atoms with van der Waals surface area (Å²) in [5.74, 6) is -6.56. The van der Waals surface area contributed by atoms with Crippen molar-refractivity contribution in [3.63, 3.8) is 0 Å². The third-order valence-corrected chi connectivity index (χ3v) is 15.0. The summed E-state index contributed by atoms with van der Waals surface area (Å²) >= 11 is 0. The van der Waals surface area contributed by atoms with Crippen molar-refractivity contribution < 1.29 is 58.8 Å². The molecule has 5 N–H and O–H groups in total. The highest BCUT2D eigenvalue weighted by atomic mass is 16.8.